The van der Waals surface area contributed by atoms with E-state index in [1.165, 1.54) is 18.5 Å². The largest absolute Gasteiger partial charge is 0.367 e. The summed E-state index contributed by atoms with van der Waals surface area (Å²) in [5, 5.41) is 0. The molecule has 120 valence electrons. The van der Waals surface area contributed by atoms with Crippen molar-refractivity contribution in [2.45, 2.75) is 13.1 Å². The molecule has 0 spiro atoms. The third-order valence-corrected chi connectivity index (χ3v) is 3.77. The maximum Gasteiger partial charge on any atom is 0.259 e. The van der Waals surface area contributed by atoms with E-state index in [-0.39, 0.29) is 16.9 Å². The second-order valence-corrected chi connectivity index (χ2v) is 5.55. The average Bonchev–Trinajstić information content (AvgIpc) is 2.63. The average molecular weight is 318 g/mol. The van der Waals surface area contributed by atoms with Crippen molar-refractivity contribution in [2.75, 3.05) is 0 Å². The highest BCUT2D eigenvalue weighted by atomic mass is 16.2. The Morgan fingerprint density at radius 3 is 1.88 bits per heavy atom. The van der Waals surface area contributed by atoms with Crippen LogP contribution in [0.4, 0.5) is 0 Å². The van der Waals surface area contributed by atoms with E-state index in [0.29, 0.717) is 13.1 Å². The molecule has 3 rings (SSSR count). The van der Waals surface area contributed by atoms with E-state index in [1.54, 1.807) is 4.90 Å². The number of nitrogens with zero attached hydrogens (tertiary/aromatic N) is 1. The summed E-state index contributed by atoms with van der Waals surface area (Å²) in [5.74, 6) is -0.274. The molecular weight excluding hydrogens is 300 g/mol. The smallest absolute Gasteiger partial charge is 0.259 e. The maximum absolute atomic E-state index is 12.9. The minimum Gasteiger partial charge on any atom is -0.367 e. The van der Waals surface area contributed by atoms with E-state index >= 15 is 0 Å². The van der Waals surface area contributed by atoms with Gasteiger partial charge >= 0.3 is 0 Å². The molecule has 0 unspecified atom stereocenters. The normalized spacial score (nSPS) is 10.3. The van der Waals surface area contributed by atoms with Gasteiger partial charge in [0.25, 0.3) is 5.91 Å². The number of aromatic nitrogens is 1. The molecule has 2 aromatic carbocycles. The van der Waals surface area contributed by atoms with Gasteiger partial charge in [-0.05, 0) is 11.1 Å². The summed E-state index contributed by atoms with van der Waals surface area (Å²) in [4.78, 5) is 29.4. The Labute approximate surface area is 140 Å². The predicted molar refractivity (Wildman–Crippen MR) is 93.5 cm³/mol. The van der Waals surface area contributed by atoms with Crippen LogP contribution in [0.1, 0.15) is 21.5 Å². The lowest BCUT2D eigenvalue weighted by atomic mass is 10.1. The summed E-state index contributed by atoms with van der Waals surface area (Å²) in [6.45, 7) is 0.895. The Morgan fingerprint density at radius 2 is 1.38 bits per heavy atom. The van der Waals surface area contributed by atoms with Gasteiger partial charge in [-0.3, -0.25) is 9.59 Å². The molecule has 0 saturated heterocycles. The van der Waals surface area contributed by atoms with E-state index in [1.807, 2.05) is 60.7 Å². The van der Waals surface area contributed by atoms with Gasteiger partial charge < -0.3 is 9.88 Å². The summed E-state index contributed by atoms with van der Waals surface area (Å²) < 4.78 is 0. The Bertz CT molecular complexity index is 816. The minimum absolute atomic E-state index is 0.157. The molecule has 4 heteroatoms. The van der Waals surface area contributed by atoms with Crippen LogP contribution in [-0.2, 0) is 13.1 Å². The molecular formula is C20H18N2O2. The fourth-order valence-electron chi connectivity index (χ4n) is 2.56. The van der Waals surface area contributed by atoms with Crippen molar-refractivity contribution >= 4 is 5.91 Å². The highest BCUT2D eigenvalue weighted by Gasteiger charge is 2.19. The van der Waals surface area contributed by atoms with Crippen LogP contribution in [0.2, 0.25) is 0 Å². The summed E-state index contributed by atoms with van der Waals surface area (Å²) in [7, 11) is 0. The van der Waals surface area contributed by atoms with Crippen molar-refractivity contribution in [2.24, 2.45) is 0 Å². The van der Waals surface area contributed by atoms with Crippen LogP contribution in [0.15, 0.2) is 83.9 Å². The number of carbonyl (C=O) groups excluding carboxylic acids is 1. The third kappa shape index (κ3) is 3.79. The number of aromatic amines is 1. The molecule has 0 aliphatic carbocycles. The molecule has 0 radical (unpaired) electrons. The van der Waals surface area contributed by atoms with Gasteiger partial charge in [-0.15, -0.1) is 0 Å². The Kier molecular flexibility index (Phi) is 4.87. The number of hydrogen-bond acceptors (Lipinski definition) is 2. The van der Waals surface area contributed by atoms with E-state index in [4.69, 9.17) is 0 Å². The van der Waals surface area contributed by atoms with Crippen molar-refractivity contribution < 1.29 is 4.79 Å². The second kappa shape index (κ2) is 7.42. The van der Waals surface area contributed by atoms with E-state index in [9.17, 15) is 9.59 Å². The van der Waals surface area contributed by atoms with Crippen molar-refractivity contribution in [3.05, 3.63) is 106 Å². The van der Waals surface area contributed by atoms with Gasteiger partial charge in [0.05, 0.1) is 0 Å². The number of pyridine rings is 1. The first-order valence-electron chi connectivity index (χ1n) is 7.78. The zero-order valence-electron chi connectivity index (χ0n) is 13.2. The van der Waals surface area contributed by atoms with Gasteiger partial charge in [-0.1, -0.05) is 60.7 Å². The molecule has 1 aromatic heterocycles. The first-order valence-corrected chi connectivity index (χ1v) is 7.78. The molecule has 3 aromatic rings. The van der Waals surface area contributed by atoms with E-state index in [2.05, 4.69) is 4.98 Å². The molecule has 0 aliphatic heterocycles. The van der Waals surface area contributed by atoms with Crippen molar-refractivity contribution in [1.29, 1.82) is 0 Å². The first kappa shape index (κ1) is 15.7. The topological polar surface area (TPSA) is 53.2 Å². The number of carbonyl (C=O) groups is 1. The standard InChI is InChI=1S/C20H18N2O2/c23-19-11-12-21-13-18(19)20(24)22(14-16-7-3-1-4-8-16)15-17-9-5-2-6-10-17/h1-13H,14-15H2,(H,21,23). The lowest BCUT2D eigenvalue weighted by Crippen LogP contribution is -2.33. The SMILES string of the molecule is O=C(c1c[nH]ccc1=O)N(Cc1ccccc1)Cc1ccccc1. The molecule has 0 atom stereocenters. The van der Waals surface area contributed by atoms with Gasteiger partial charge in [0.15, 0.2) is 5.43 Å². The van der Waals surface area contributed by atoms with Crippen LogP contribution in [0, 0.1) is 0 Å². The highest BCUT2D eigenvalue weighted by molar-refractivity contribution is 5.93. The molecule has 4 nitrogen and oxygen atoms in total. The molecule has 0 bridgehead atoms. The summed E-state index contributed by atoms with van der Waals surface area (Å²) in [6.07, 6.45) is 2.99. The van der Waals surface area contributed by atoms with Crippen molar-refractivity contribution in [3.8, 4) is 0 Å². The van der Waals surface area contributed by atoms with E-state index in [0.717, 1.165) is 11.1 Å². The lowest BCUT2D eigenvalue weighted by Gasteiger charge is -2.23. The van der Waals surface area contributed by atoms with Gasteiger partial charge in [-0.25, -0.2) is 0 Å². The summed E-state index contributed by atoms with van der Waals surface area (Å²) in [5.41, 5.74) is 1.93. The number of amides is 1. The van der Waals surface area contributed by atoms with E-state index < -0.39 is 0 Å². The third-order valence-electron chi connectivity index (χ3n) is 3.77. The van der Waals surface area contributed by atoms with Gasteiger partial charge in [0.2, 0.25) is 0 Å². The van der Waals surface area contributed by atoms with Crippen LogP contribution in [-0.4, -0.2) is 15.8 Å². The molecule has 0 fully saturated rings. The zero-order valence-corrected chi connectivity index (χ0v) is 13.2. The van der Waals surface area contributed by atoms with Gasteiger partial charge in [-0.2, -0.15) is 0 Å². The number of rotatable bonds is 5. The molecule has 1 amide bonds. The number of hydrogen-bond donors (Lipinski definition) is 1. The maximum atomic E-state index is 12.9. The van der Waals surface area contributed by atoms with Crippen LogP contribution >= 0.6 is 0 Å². The highest BCUT2D eigenvalue weighted by Crippen LogP contribution is 2.12. The Morgan fingerprint density at radius 1 is 0.833 bits per heavy atom. The second-order valence-electron chi connectivity index (χ2n) is 5.55. The quantitative estimate of drug-likeness (QED) is 0.785. The molecule has 24 heavy (non-hydrogen) atoms. The fraction of sp³-hybridized carbons (Fsp3) is 0.100. The van der Waals surface area contributed by atoms with Gasteiger partial charge in [0, 0.05) is 31.5 Å². The summed E-state index contributed by atoms with van der Waals surface area (Å²) >= 11 is 0. The summed E-state index contributed by atoms with van der Waals surface area (Å²) in [6, 6.07) is 20.9. The van der Waals surface area contributed by atoms with Crippen LogP contribution in [0.25, 0.3) is 0 Å². The van der Waals surface area contributed by atoms with Crippen molar-refractivity contribution in [3.63, 3.8) is 0 Å². The van der Waals surface area contributed by atoms with Crippen LogP contribution in [0.5, 0.6) is 0 Å². The number of benzene rings is 2. The van der Waals surface area contributed by atoms with Crippen LogP contribution < -0.4 is 5.43 Å². The molecule has 0 aliphatic rings. The van der Waals surface area contributed by atoms with Gasteiger partial charge in [0.1, 0.15) is 5.56 Å². The number of nitrogens with one attached hydrogen (secondary N) is 1. The van der Waals surface area contributed by atoms with Crippen molar-refractivity contribution in [1.82, 2.24) is 9.88 Å². The lowest BCUT2D eigenvalue weighted by molar-refractivity contribution is 0.0728. The minimum atomic E-state index is -0.274. The Balaban J connectivity index is 1.90. The van der Waals surface area contributed by atoms with Crippen LogP contribution in [0.3, 0.4) is 0 Å². The first-order chi connectivity index (χ1) is 11.7. The molecule has 1 N–H and O–H groups in total. The monoisotopic (exact) mass is 318 g/mol. The predicted octanol–water partition coefficient (Wildman–Crippen LogP) is 3.22. The fourth-order valence-corrected chi connectivity index (χ4v) is 2.56. The number of H-pyrrole nitrogens is 1. The molecule has 1 heterocycles. The molecule has 0 saturated carbocycles. The Hall–Kier alpha value is -3.14. The zero-order chi connectivity index (χ0) is 16.8.